The van der Waals surface area contributed by atoms with Crippen molar-refractivity contribution in [3.05, 3.63) is 59.7 Å². The predicted octanol–water partition coefficient (Wildman–Crippen LogP) is 4.67. The first-order chi connectivity index (χ1) is 10.7. The molecule has 0 aliphatic heterocycles. The van der Waals surface area contributed by atoms with Gasteiger partial charge >= 0.3 is 0 Å². The minimum Gasteiger partial charge on any atom is -0.508 e. The molecule has 2 N–H and O–H groups in total. The molecule has 2 heteroatoms. The molecule has 3 atom stereocenters. The third kappa shape index (κ3) is 2.37. The van der Waals surface area contributed by atoms with Crippen molar-refractivity contribution in [3.63, 3.8) is 0 Å². The molecular formula is C20H22O2. The van der Waals surface area contributed by atoms with Gasteiger partial charge in [-0.1, -0.05) is 30.7 Å². The molecule has 2 saturated carbocycles. The lowest BCUT2D eigenvalue weighted by Crippen LogP contribution is -2.20. The molecular weight excluding hydrogens is 272 g/mol. The van der Waals surface area contributed by atoms with Crippen molar-refractivity contribution < 1.29 is 10.2 Å². The topological polar surface area (TPSA) is 40.5 Å². The summed E-state index contributed by atoms with van der Waals surface area (Å²) >= 11 is 0. The third-order valence-electron chi connectivity index (χ3n) is 5.73. The smallest absolute Gasteiger partial charge is 0.115 e. The predicted molar refractivity (Wildman–Crippen MR) is 87.0 cm³/mol. The second-order valence-electron chi connectivity index (χ2n) is 7.00. The van der Waals surface area contributed by atoms with E-state index in [4.69, 9.17) is 0 Å². The maximum absolute atomic E-state index is 9.58. The van der Waals surface area contributed by atoms with E-state index in [-0.39, 0.29) is 0 Å². The largest absolute Gasteiger partial charge is 0.508 e. The van der Waals surface area contributed by atoms with E-state index in [1.54, 1.807) is 24.3 Å². The van der Waals surface area contributed by atoms with Crippen molar-refractivity contribution in [1.29, 1.82) is 0 Å². The maximum atomic E-state index is 9.58. The Hall–Kier alpha value is -1.96. The highest BCUT2D eigenvalue weighted by Gasteiger charge is 2.43. The number of rotatable bonds is 3. The lowest BCUT2D eigenvalue weighted by molar-refractivity contribution is 0.303. The monoisotopic (exact) mass is 294 g/mol. The summed E-state index contributed by atoms with van der Waals surface area (Å²) in [4.78, 5) is 0. The second-order valence-corrected chi connectivity index (χ2v) is 7.00. The normalized spacial score (nSPS) is 26.7. The summed E-state index contributed by atoms with van der Waals surface area (Å²) < 4.78 is 0. The van der Waals surface area contributed by atoms with Crippen LogP contribution < -0.4 is 0 Å². The molecule has 4 rings (SSSR count). The van der Waals surface area contributed by atoms with Gasteiger partial charge in [-0.3, -0.25) is 0 Å². The van der Waals surface area contributed by atoms with Gasteiger partial charge in [-0.15, -0.1) is 0 Å². The minimum atomic E-state index is 0.321. The second kappa shape index (κ2) is 5.35. The van der Waals surface area contributed by atoms with E-state index in [9.17, 15) is 10.2 Å². The average Bonchev–Trinajstić information content (AvgIpc) is 3.14. The highest BCUT2D eigenvalue weighted by Crippen LogP contribution is 2.54. The van der Waals surface area contributed by atoms with Crippen LogP contribution in [-0.2, 0) is 0 Å². The van der Waals surface area contributed by atoms with Crippen LogP contribution >= 0.6 is 0 Å². The van der Waals surface area contributed by atoms with Gasteiger partial charge in [0.25, 0.3) is 0 Å². The molecule has 0 heterocycles. The maximum Gasteiger partial charge on any atom is 0.115 e. The molecule has 0 saturated heterocycles. The molecule has 2 aliphatic rings. The lowest BCUT2D eigenvalue weighted by Gasteiger charge is -2.31. The summed E-state index contributed by atoms with van der Waals surface area (Å²) in [7, 11) is 0. The van der Waals surface area contributed by atoms with Crippen LogP contribution in [0.1, 0.15) is 42.7 Å². The Labute approximate surface area is 131 Å². The molecule has 2 nitrogen and oxygen atoms in total. The van der Waals surface area contributed by atoms with Crippen molar-refractivity contribution >= 4 is 0 Å². The Kier molecular flexibility index (Phi) is 3.33. The summed E-state index contributed by atoms with van der Waals surface area (Å²) in [5.41, 5.74) is 2.56. The highest BCUT2D eigenvalue weighted by molar-refractivity contribution is 5.39. The Morgan fingerprint density at radius 3 is 1.68 bits per heavy atom. The van der Waals surface area contributed by atoms with Gasteiger partial charge in [0.1, 0.15) is 11.5 Å². The zero-order chi connectivity index (χ0) is 15.1. The van der Waals surface area contributed by atoms with Gasteiger partial charge in [-0.2, -0.15) is 0 Å². The molecule has 2 aromatic rings. The van der Waals surface area contributed by atoms with Gasteiger partial charge in [0.2, 0.25) is 0 Å². The number of phenols is 2. The van der Waals surface area contributed by atoms with Crippen LogP contribution in [0.2, 0.25) is 0 Å². The molecule has 2 aliphatic carbocycles. The molecule has 3 unspecified atom stereocenters. The zero-order valence-corrected chi connectivity index (χ0v) is 12.7. The van der Waals surface area contributed by atoms with Crippen LogP contribution in [0.4, 0.5) is 0 Å². The van der Waals surface area contributed by atoms with E-state index in [0.717, 1.165) is 11.8 Å². The van der Waals surface area contributed by atoms with E-state index in [0.29, 0.717) is 23.3 Å². The number of hydrogen-bond acceptors (Lipinski definition) is 2. The van der Waals surface area contributed by atoms with Crippen molar-refractivity contribution in [1.82, 2.24) is 0 Å². The fraction of sp³-hybridized carbons (Fsp3) is 0.400. The number of hydrogen-bond donors (Lipinski definition) is 2. The van der Waals surface area contributed by atoms with Crippen LogP contribution in [0.15, 0.2) is 48.5 Å². The Bertz CT molecular complexity index is 599. The molecule has 0 aromatic heterocycles. The number of phenolic OH excluding ortho intramolecular Hbond substituents is 2. The Morgan fingerprint density at radius 2 is 1.27 bits per heavy atom. The SMILES string of the molecule is Oc1ccc(C(c2ccc(O)cc2)C2CC3CCC2C3)cc1. The summed E-state index contributed by atoms with van der Waals surface area (Å²) in [6.45, 7) is 0. The van der Waals surface area contributed by atoms with Crippen molar-refractivity contribution in [2.24, 2.45) is 17.8 Å². The first kappa shape index (κ1) is 13.7. The fourth-order valence-electron chi connectivity index (χ4n) is 4.75. The van der Waals surface area contributed by atoms with E-state index in [1.807, 2.05) is 0 Å². The van der Waals surface area contributed by atoms with E-state index in [2.05, 4.69) is 24.3 Å². The Morgan fingerprint density at radius 1 is 0.727 bits per heavy atom. The van der Waals surface area contributed by atoms with E-state index in [1.165, 1.54) is 36.8 Å². The van der Waals surface area contributed by atoms with Gasteiger partial charge < -0.3 is 10.2 Å². The first-order valence-corrected chi connectivity index (χ1v) is 8.28. The highest BCUT2D eigenvalue weighted by atomic mass is 16.3. The minimum absolute atomic E-state index is 0.321. The van der Waals surface area contributed by atoms with Crippen LogP contribution in [0.3, 0.4) is 0 Å². The van der Waals surface area contributed by atoms with Gasteiger partial charge in [-0.05, 0) is 72.4 Å². The summed E-state index contributed by atoms with van der Waals surface area (Å²) in [6, 6.07) is 15.4. The third-order valence-corrected chi connectivity index (χ3v) is 5.73. The van der Waals surface area contributed by atoms with Gasteiger partial charge in [0, 0.05) is 5.92 Å². The van der Waals surface area contributed by atoms with Crippen molar-refractivity contribution in [3.8, 4) is 11.5 Å². The Balaban J connectivity index is 1.74. The van der Waals surface area contributed by atoms with Gasteiger partial charge in [0.05, 0.1) is 0 Å². The molecule has 2 fully saturated rings. The van der Waals surface area contributed by atoms with Crippen molar-refractivity contribution in [2.45, 2.75) is 31.6 Å². The van der Waals surface area contributed by atoms with Crippen LogP contribution in [0, 0.1) is 17.8 Å². The molecule has 22 heavy (non-hydrogen) atoms. The lowest BCUT2D eigenvalue weighted by atomic mass is 9.73. The standard InChI is InChI=1S/C20H22O2/c21-17-7-3-14(4-8-17)20(15-5-9-18(22)10-6-15)19-12-13-1-2-16(19)11-13/h3-10,13,16,19-22H,1-2,11-12H2. The molecule has 0 radical (unpaired) electrons. The number of fused-ring (bicyclic) bond motifs is 2. The van der Waals surface area contributed by atoms with Crippen LogP contribution in [0.5, 0.6) is 11.5 Å². The zero-order valence-electron chi connectivity index (χ0n) is 12.7. The fourth-order valence-corrected chi connectivity index (χ4v) is 4.75. The number of benzene rings is 2. The quantitative estimate of drug-likeness (QED) is 0.864. The first-order valence-electron chi connectivity index (χ1n) is 8.28. The molecule has 2 aromatic carbocycles. The van der Waals surface area contributed by atoms with Crippen LogP contribution in [-0.4, -0.2) is 10.2 Å². The van der Waals surface area contributed by atoms with Crippen LogP contribution in [0.25, 0.3) is 0 Å². The van der Waals surface area contributed by atoms with Crippen molar-refractivity contribution in [2.75, 3.05) is 0 Å². The van der Waals surface area contributed by atoms with Gasteiger partial charge in [0.15, 0.2) is 0 Å². The van der Waals surface area contributed by atoms with E-state index >= 15 is 0 Å². The average molecular weight is 294 g/mol. The molecule has 2 bridgehead atoms. The molecule has 114 valence electrons. The number of aromatic hydroxyl groups is 2. The summed E-state index contributed by atoms with van der Waals surface area (Å²) in [5.74, 6) is 3.44. The summed E-state index contributed by atoms with van der Waals surface area (Å²) in [6.07, 6.45) is 5.47. The molecule has 0 amide bonds. The van der Waals surface area contributed by atoms with E-state index < -0.39 is 0 Å². The molecule has 0 spiro atoms. The summed E-state index contributed by atoms with van der Waals surface area (Å²) in [5, 5.41) is 19.2. The van der Waals surface area contributed by atoms with Gasteiger partial charge in [-0.25, -0.2) is 0 Å².